The molecule has 1 aliphatic rings. The Hall–Kier alpha value is -1.72. The van der Waals surface area contributed by atoms with Crippen LogP contribution in [0.15, 0.2) is 60.7 Å². The first-order valence-electron chi connectivity index (χ1n) is 11.3. The summed E-state index contributed by atoms with van der Waals surface area (Å²) in [5.74, 6) is -0.894. The zero-order valence-electron chi connectivity index (χ0n) is 18.9. The van der Waals surface area contributed by atoms with Gasteiger partial charge in [-0.2, -0.15) is 9.78 Å². The van der Waals surface area contributed by atoms with Crippen molar-refractivity contribution >= 4 is 0 Å². The van der Waals surface area contributed by atoms with E-state index in [0.717, 1.165) is 49.7 Å². The molecule has 0 spiro atoms. The van der Waals surface area contributed by atoms with Crippen LogP contribution in [0.1, 0.15) is 83.8 Å². The smallest absolute Gasteiger partial charge is 0.222 e. The first kappa shape index (κ1) is 23.0. The van der Waals surface area contributed by atoms with Crippen LogP contribution in [0.2, 0.25) is 0 Å². The van der Waals surface area contributed by atoms with E-state index in [1.54, 1.807) is 0 Å². The van der Waals surface area contributed by atoms with Gasteiger partial charge in [-0.25, -0.2) is 9.78 Å². The Morgan fingerprint density at radius 2 is 1.07 bits per heavy atom. The molecule has 1 saturated carbocycles. The number of hydrogen-bond acceptors (Lipinski definition) is 4. The van der Waals surface area contributed by atoms with Crippen molar-refractivity contribution in [1.82, 2.24) is 0 Å². The average molecular weight is 413 g/mol. The van der Waals surface area contributed by atoms with Crippen LogP contribution in [-0.4, -0.2) is 5.79 Å². The summed E-state index contributed by atoms with van der Waals surface area (Å²) in [7, 11) is 0. The van der Waals surface area contributed by atoms with E-state index in [1.165, 1.54) is 6.42 Å². The molecule has 2 atom stereocenters. The van der Waals surface area contributed by atoms with Gasteiger partial charge in [0, 0.05) is 12.8 Å². The van der Waals surface area contributed by atoms with Gasteiger partial charge in [0.1, 0.15) is 11.2 Å². The first-order valence-corrected chi connectivity index (χ1v) is 11.3. The van der Waals surface area contributed by atoms with Gasteiger partial charge in [0.2, 0.25) is 5.79 Å². The fraction of sp³-hybridized carbons (Fsp3) is 0.538. The molecule has 0 aliphatic heterocycles. The fourth-order valence-corrected chi connectivity index (χ4v) is 3.81. The fourth-order valence-electron chi connectivity index (χ4n) is 3.81. The zero-order valence-corrected chi connectivity index (χ0v) is 18.9. The maximum absolute atomic E-state index is 6.11. The van der Waals surface area contributed by atoms with E-state index in [-0.39, 0.29) is 0 Å². The molecule has 2 aromatic carbocycles. The lowest BCUT2D eigenvalue weighted by molar-refractivity contribution is -0.554. The maximum Gasteiger partial charge on any atom is 0.234 e. The molecule has 30 heavy (non-hydrogen) atoms. The van der Waals surface area contributed by atoms with Crippen LogP contribution in [0.3, 0.4) is 0 Å². The Labute approximate surface area is 181 Å². The van der Waals surface area contributed by atoms with Crippen LogP contribution in [0.4, 0.5) is 0 Å². The normalized spacial score (nSPS) is 20.3. The standard InChI is InChI=1S/C26H36O4/c1-5-24(3,22-16-10-7-11-17-22)27-29-26(20-14-9-15-21-26)30-28-25(4,6-2)23-18-12-8-13-19-23/h7-8,10-13,16-19H,5-6,9,14-15,20-21H2,1-4H3. The second-order valence-corrected chi connectivity index (χ2v) is 8.71. The Bertz CT molecular complexity index is 698. The molecule has 0 heterocycles. The van der Waals surface area contributed by atoms with Crippen molar-refractivity contribution in [2.75, 3.05) is 0 Å². The van der Waals surface area contributed by atoms with Crippen molar-refractivity contribution in [1.29, 1.82) is 0 Å². The maximum atomic E-state index is 6.11. The van der Waals surface area contributed by atoms with Crippen LogP contribution in [0.5, 0.6) is 0 Å². The Morgan fingerprint density at radius 1 is 0.667 bits per heavy atom. The largest absolute Gasteiger partial charge is 0.234 e. The van der Waals surface area contributed by atoms with Crippen LogP contribution < -0.4 is 0 Å². The number of benzene rings is 2. The monoisotopic (exact) mass is 412 g/mol. The molecule has 4 nitrogen and oxygen atoms in total. The van der Waals surface area contributed by atoms with Gasteiger partial charge in [-0.05, 0) is 50.7 Å². The molecule has 0 aromatic heterocycles. The minimum atomic E-state index is -0.894. The van der Waals surface area contributed by atoms with Crippen molar-refractivity contribution in [2.24, 2.45) is 0 Å². The minimum absolute atomic E-state index is 0.553. The summed E-state index contributed by atoms with van der Waals surface area (Å²) in [6, 6.07) is 20.4. The molecule has 0 bridgehead atoms. The van der Waals surface area contributed by atoms with Crippen LogP contribution in [0.25, 0.3) is 0 Å². The van der Waals surface area contributed by atoms with Crippen molar-refractivity contribution in [3.05, 3.63) is 71.8 Å². The molecule has 1 fully saturated rings. The highest BCUT2D eigenvalue weighted by Gasteiger charge is 2.42. The summed E-state index contributed by atoms with van der Waals surface area (Å²) in [5.41, 5.74) is 1.06. The van der Waals surface area contributed by atoms with Gasteiger partial charge >= 0.3 is 0 Å². The predicted molar refractivity (Wildman–Crippen MR) is 118 cm³/mol. The van der Waals surface area contributed by atoms with Crippen molar-refractivity contribution < 1.29 is 19.6 Å². The third-order valence-corrected chi connectivity index (χ3v) is 6.49. The lowest BCUT2D eigenvalue weighted by Crippen LogP contribution is -2.43. The van der Waals surface area contributed by atoms with E-state index in [9.17, 15) is 0 Å². The summed E-state index contributed by atoms with van der Waals surface area (Å²) in [6.45, 7) is 8.31. The van der Waals surface area contributed by atoms with Gasteiger partial charge in [-0.15, -0.1) is 0 Å². The summed E-state index contributed by atoms with van der Waals surface area (Å²) in [4.78, 5) is 24.4. The van der Waals surface area contributed by atoms with E-state index in [4.69, 9.17) is 19.6 Å². The summed E-state index contributed by atoms with van der Waals surface area (Å²) in [5, 5.41) is 0. The van der Waals surface area contributed by atoms with E-state index >= 15 is 0 Å². The molecule has 4 heteroatoms. The molecule has 0 saturated heterocycles. The van der Waals surface area contributed by atoms with Gasteiger partial charge in [-0.1, -0.05) is 80.9 Å². The average Bonchev–Trinajstić information content (AvgIpc) is 2.83. The molecule has 0 amide bonds. The molecule has 0 radical (unpaired) electrons. The van der Waals surface area contributed by atoms with Crippen molar-refractivity contribution in [2.45, 2.75) is 89.6 Å². The second kappa shape index (κ2) is 10.1. The quantitative estimate of drug-likeness (QED) is 0.235. The Balaban J connectivity index is 1.74. The van der Waals surface area contributed by atoms with Gasteiger partial charge in [0.25, 0.3) is 0 Å². The van der Waals surface area contributed by atoms with Crippen molar-refractivity contribution in [3.8, 4) is 0 Å². The van der Waals surface area contributed by atoms with Gasteiger partial charge < -0.3 is 0 Å². The summed E-state index contributed by atoms with van der Waals surface area (Å²) >= 11 is 0. The first-order chi connectivity index (χ1) is 14.5. The third-order valence-electron chi connectivity index (χ3n) is 6.49. The Kier molecular flexibility index (Phi) is 7.70. The SMILES string of the molecule is CCC(C)(OOC1(OOC(C)(CC)c2ccccc2)CCCCC1)c1ccccc1. The van der Waals surface area contributed by atoms with E-state index < -0.39 is 17.0 Å². The van der Waals surface area contributed by atoms with Crippen LogP contribution in [-0.2, 0) is 30.8 Å². The molecule has 0 N–H and O–H groups in total. The number of rotatable bonds is 10. The highest BCUT2D eigenvalue weighted by atomic mass is 17.3. The van der Waals surface area contributed by atoms with Gasteiger partial charge in [0.15, 0.2) is 0 Å². The molecule has 2 unspecified atom stereocenters. The molecule has 2 aromatic rings. The molecule has 1 aliphatic carbocycles. The topological polar surface area (TPSA) is 36.9 Å². The van der Waals surface area contributed by atoms with Crippen LogP contribution in [0, 0.1) is 0 Å². The molecular formula is C26H36O4. The van der Waals surface area contributed by atoms with Crippen LogP contribution >= 0.6 is 0 Å². The summed E-state index contributed by atoms with van der Waals surface area (Å²) < 4.78 is 0. The third kappa shape index (κ3) is 5.30. The van der Waals surface area contributed by atoms with Crippen molar-refractivity contribution in [3.63, 3.8) is 0 Å². The van der Waals surface area contributed by atoms with Gasteiger partial charge in [0.05, 0.1) is 0 Å². The minimum Gasteiger partial charge on any atom is -0.222 e. The zero-order chi connectivity index (χ0) is 21.5. The molecule has 164 valence electrons. The lowest BCUT2D eigenvalue weighted by Gasteiger charge is -2.40. The summed E-state index contributed by atoms with van der Waals surface area (Å²) in [6.07, 6.45) is 6.27. The van der Waals surface area contributed by atoms with E-state index in [0.29, 0.717) is 0 Å². The van der Waals surface area contributed by atoms with E-state index in [2.05, 4.69) is 52.0 Å². The van der Waals surface area contributed by atoms with E-state index in [1.807, 2.05) is 36.4 Å². The lowest BCUT2D eigenvalue weighted by atomic mass is 9.93. The predicted octanol–water partition coefficient (Wildman–Crippen LogP) is 7.19. The highest BCUT2D eigenvalue weighted by Crippen LogP contribution is 2.40. The highest BCUT2D eigenvalue weighted by molar-refractivity contribution is 5.22. The number of hydrogen-bond donors (Lipinski definition) is 0. The van der Waals surface area contributed by atoms with Gasteiger partial charge in [-0.3, -0.25) is 0 Å². The Morgan fingerprint density at radius 3 is 1.43 bits per heavy atom. The molecule has 3 rings (SSSR count). The molecular weight excluding hydrogens is 376 g/mol. The second-order valence-electron chi connectivity index (χ2n) is 8.71.